The molecule has 0 aliphatic heterocycles. The van der Waals surface area contributed by atoms with E-state index in [9.17, 15) is 9.18 Å². The summed E-state index contributed by atoms with van der Waals surface area (Å²) in [5, 5.41) is 7.29. The van der Waals surface area contributed by atoms with Gasteiger partial charge >= 0.3 is 0 Å². The Kier molecular flexibility index (Phi) is 4.20. The number of benzene rings is 1. The molecular weight excluding hydrogens is 309 g/mol. The van der Waals surface area contributed by atoms with E-state index in [0.717, 1.165) is 16.9 Å². The van der Waals surface area contributed by atoms with Gasteiger partial charge in [-0.25, -0.2) is 9.07 Å². The van der Waals surface area contributed by atoms with Gasteiger partial charge < -0.3 is 9.73 Å². The first-order valence-electron chi connectivity index (χ1n) is 7.63. The monoisotopic (exact) mass is 327 g/mol. The number of hydrogen-bond acceptors (Lipinski definition) is 3. The van der Waals surface area contributed by atoms with E-state index in [0.29, 0.717) is 11.3 Å². The van der Waals surface area contributed by atoms with Gasteiger partial charge in [0.2, 0.25) is 0 Å². The van der Waals surface area contributed by atoms with Crippen molar-refractivity contribution in [3.05, 3.63) is 71.2 Å². The molecule has 2 heterocycles. The molecule has 24 heavy (non-hydrogen) atoms. The highest BCUT2D eigenvalue weighted by molar-refractivity contribution is 5.95. The molecule has 5 nitrogen and oxygen atoms in total. The number of nitrogens with one attached hydrogen (secondary N) is 1. The van der Waals surface area contributed by atoms with Gasteiger partial charge in [-0.1, -0.05) is 0 Å². The van der Waals surface area contributed by atoms with Crippen molar-refractivity contribution in [1.29, 1.82) is 0 Å². The molecule has 0 radical (unpaired) electrons. The number of carbonyl (C=O) groups excluding carboxylic acids is 1. The maximum atomic E-state index is 13.1. The fraction of sp³-hybridized carbons (Fsp3) is 0.222. The summed E-state index contributed by atoms with van der Waals surface area (Å²) in [5.74, 6) is 0.0982. The molecule has 1 N–H and O–H groups in total. The van der Waals surface area contributed by atoms with Crippen LogP contribution in [0.5, 0.6) is 0 Å². The second kappa shape index (κ2) is 6.31. The molecule has 124 valence electrons. The van der Waals surface area contributed by atoms with Crippen molar-refractivity contribution in [1.82, 2.24) is 15.1 Å². The Labute approximate surface area is 139 Å². The van der Waals surface area contributed by atoms with Crippen LogP contribution in [0.1, 0.15) is 40.3 Å². The van der Waals surface area contributed by atoms with Gasteiger partial charge in [0, 0.05) is 11.3 Å². The first-order chi connectivity index (χ1) is 11.5. The molecule has 0 aliphatic rings. The zero-order valence-electron chi connectivity index (χ0n) is 13.7. The lowest BCUT2D eigenvalue weighted by Gasteiger charge is -2.14. The van der Waals surface area contributed by atoms with Crippen LogP contribution in [0.25, 0.3) is 5.69 Å². The maximum Gasteiger partial charge on any atom is 0.255 e. The number of amides is 1. The highest BCUT2D eigenvalue weighted by Crippen LogP contribution is 2.21. The minimum atomic E-state index is -0.292. The summed E-state index contributed by atoms with van der Waals surface area (Å²) >= 11 is 0. The molecule has 6 heteroatoms. The van der Waals surface area contributed by atoms with E-state index in [-0.39, 0.29) is 17.8 Å². The van der Waals surface area contributed by atoms with Crippen LogP contribution in [0.2, 0.25) is 0 Å². The van der Waals surface area contributed by atoms with E-state index >= 15 is 0 Å². The quantitative estimate of drug-likeness (QED) is 0.794. The fourth-order valence-electron chi connectivity index (χ4n) is 2.66. The van der Waals surface area contributed by atoms with Crippen molar-refractivity contribution >= 4 is 5.91 Å². The predicted octanol–water partition coefficient (Wildman–Crippen LogP) is 3.71. The van der Waals surface area contributed by atoms with Crippen LogP contribution >= 0.6 is 0 Å². The van der Waals surface area contributed by atoms with Crippen LogP contribution in [0, 0.1) is 19.7 Å². The van der Waals surface area contributed by atoms with Crippen molar-refractivity contribution in [3.8, 4) is 5.69 Å². The maximum absolute atomic E-state index is 13.1. The summed E-state index contributed by atoms with van der Waals surface area (Å²) < 4.78 is 19.9. The van der Waals surface area contributed by atoms with Gasteiger partial charge in [0.05, 0.1) is 29.8 Å². The van der Waals surface area contributed by atoms with Crippen molar-refractivity contribution in [2.45, 2.75) is 26.8 Å². The predicted molar refractivity (Wildman–Crippen MR) is 87.6 cm³/mol. The Balaban J connectivity index is 1.81. The fourth-order valence-corrected chi connectivity index (χ4v) is 2.66. The summed E-state index contributed by atoms with van der Waals surface area (Å²) in [6.45, 7) is 5.56. The van der Waals surface area contributed by atoms with Gasteiger partial charge in [-0.15, -0.1) is 0 Å². The van der Waals surface area contributed by atoms with Crippen LogP contribution in [-0.2, 0) is 0 Å². The van der Waals surface area contributed by atoms with E-state index < -0.39 is 0 Å². The van der Waals surface area contributed by atoms with Crippen LogP contribution in [0.4, 0.5) is 4.39 Å². The number of carbonyl (C=O) groups is 1. The van der Waals surface area contributed by atoms with Crippen molar-refractivity contribution in [3.63, 3.8) is 0 Å². The second-order valence-electron chi connectivity index (χ2n) is 5.66. The van der Waals surface area contributed by atoms with Gasteiger partial charge in [-0.2, -0.15) is 5.10 Å². The van der Waals surface area contributed by atoms with E-state index in [1.54, 1.807) is 36.0 Å². The van der Waals surface area contributed by atoms with Crippen LogP contribution in [0.3, 0.4) is 0 Å². The lowest BCUT2D eigenvalue weighted by atomic mass is 10.1. The van der Waals surface area contributed by atoms with Crippen LogP contribution in [-0.4, -0.2) is 15.7 Å². The van der Waals surface area contributed by atoms with Crippen LogP contribution in [0.15, 0.2) is 47.2 Å². The summed E-state index contributed by atoms with van der Waals surface area (Å²) in [6.07, 6.45) is 3.21. The summed E-state index contributed by atoms with van der Waals surface area (Å²) in [5.41, 5.74) is 3.07. The lowest BCUT2D eigenvalue weighted by molar-refractivity contribution is 0.0938. The number of hydrogen-bond donors (Lipinski definition) is 1. The van der Waals surface area contributed by atoms with Gasteiger partial charge in [-0.05, 0) is 51.1 Å². The molecule has 2 aromatic heterocycles. The van der Waals surface area contributed by atoms with E-state index in [2.05, 4.69) is 10.4 Å². The summed E-state index contributed by atoms with van der Waals surface area (Å²) in [6, 6.07) is 7.54. The zero-order valence-corrected chi connectivity index (χ0v) is 13.7. The standard InChI is InChI=1S/C18H18FN3O2/c1-11(21-18(23)16-8-9-24-13(16)3)17-10-20-22(12(17)2)15-6-4-14(19)5-7-15/h4-11H,1-3H3,(H,21,23). The van der Waals surface area contributed by atoms with Crippen molar-refractivity contribution in [2.75, 3.05) is 0 Å². The first kappa shape index (κ1) is 16.0. The molecule has 1 aromatic carbocycles. The third-order valence-electron chi connectivity index (χ3n) is 4.04. The van der Waals surface area contributed by atoms with Crippen molar-refractivity contribution in [2.24, 2.45) is 0 Å². The molecule has 0 saturated heterocycles. The normalized spacial score (nSPS) is 12.2. The summed E-state index contributed by atoms with van der Waals surface area (Å²) in [7, 11) is 0. The molecule has 1 amide bonds. The van der Waals surface area contributed by atoms with E-state index in [1.165, 1.54) is 18.4 Å². The average molecular weight is 327 g/mol. The van der Waals surface area contributed by atoms with Crippen LogP contribution < -0.4 is 5.32 Å². The minimum absolute atomic E-state index is 0.192. The largest absolute Gasteiger partial charge is 0.469 e. The second-order valence-corrected chi connectivity index (χ2v) is 5.66. The van der Waals surface area contributed by atoms with Gasteiger partial charge in [0.15, 0.2) is 0 Å². The Morgan fingerprint density at radius 3 is 2.58 bits per heavy atom. The Morgan fingerprint density at radius 2 is 1.96 bits per heavy atom. The third-order valence-corrected chi connectivity index (χ3v) is 4.04. The highest BCUT2D eigenvalue weighted by Gasteiger charge is 2.19. The molecule has 0 fully saturated rings. The minimum Gasteiger partial charge on any atom is -0.469 e. The topological polar surface area (TPSA) is 60.1 Å². The van der Waals surface area contributed by atoms with Crippen molar-refractivity contribution < 1.29 is 13.6 Å². The molecule has 0 spiro atoms. The van der Waals surface area contributed by atoms with Gasteiger partial charge in [0.1, 0.15) is 11.6 Å². The lowest BCUT2D eigenvalue weighted by Crippen LogP contribution is -2.27. The number of aromatic nitrogens is 2. The highest BCUT2D eigenvalue weighted by atomic mass is 19.1. The van der Waals surface area contributed by atoms with E-state index in [1.807, 2.05) is 13.8 Å². The first-order valence-corrected chi connectivity index (χ1v) is 7.63. The Morgan fingerprint density at radius 1 is 1.25 bits per heavy atom. The molecule has 0 aliphatic carbocycles. The number of rotatable bonds is 4. The molecule has 3 rings (SSSR count). The number of halogens is 1. The molecule has 0 bridgehead atoms. The molecule has 3 aromatic rings. The number of nitrogens with zero attached hydrogens (tertiary/aromatic N) is 2. The Hall–Kier alpha value is -2.89. The third kappa shape index (κ3) is 2.95. The number of furan rings is 1. The molecular formula is C18H18FN3O2. The molecule has 1 atom stereocenters. The number of aryl methyl sites for hydroxylation is 1. The van der Waals surface area contributed by atoms with E-state index in [4.69, 9.17) is 4.42 Å². The summed E-state index contributed by atoms with van der Waals surface area (Å²) in [4.78, 5) is 12.3. The Bertz CT molecular complexity index is 865. The smallest absolute Gasteiger partial charge is 0.255 e. The van der Waals surface area contributed by atoms with Gasteiger partial charge in [0.25, 0.3) is 5.91 Å². The zero-order chi connectivity index (χ0) is 17.3. The SMILES string of the molecule is Cc1occc1C(=O)NC(C)c1cnn(-c2ccc(F)cc2)c1C. The van der Waals surface area contributed by atoms with Gasteiger partial charge in [-0.3, -0.25) is 4.79 Å². The molecule has 1 unspecified atom stereocenters. The average Bonchev–Trinajstić information content (AvgIpc) is 3.14. The molecule has 0 saturated carbocycles.